The second-order valence-corrected chi connectivity index (χ2v) is 9.12. The molecule has 0 spiro atoms. The molecule has 28 heavy (non-hydrogen) atoms. The molecule has 1 amide bonds. The number of benzene rings is 1. The van der Waals surface area contributed by atoms with Gasteiger partial charge in [-0.1, -0.05) is 36.6 Å². The van der Waals surface area contributed by atoms with Gasteiger partial charge in [-0.25, -0.2) is 8.42 Å². The number of amides is 1. The monoisotopic (exact) mass is 425 g/mol. The summed E-state index contributed by atoms with van der Waals surface area (Å²) in [5.74, 6) is -0.282. The van der Waals surface area contributed by atoms with Gasteiger partial charge in [0.2, 0.25) is 15.9 Å². The Hall–Kier alpha value is -1.67. The summed E-state index contributed by atoms with van der Waals surface area (Å²) in [7, 11) is -3.61. The van der Waals surface area contributed by atoms with Crippen molar-refractivity contribution in [2.75, 3.05) is 38.0 Å². The number of hydrogen-bond donors (Lipinski definition) is 1. The zero-order valence-electron chi connectivity index (χ0n) is 16.1. The summed E-state index contributed by atoms with van der Waals surface area (Å²) in [6.45, 7) is 9.59. The molecular formula is C20H28ClN3O3S. The van der Waals surface area contributed by atoms with E-state index in [1.165, 1.54) is 22.5 Å². The van der Waals surface area contributed by atoms with Crippen LogP contribution in [0, 0.1) is 0 Å². The van der Waals surface area contributed by atoms with Crippen LogP contribution in [0.5, 0.6) is 0 Å². The third-order valence-corrected chi connectivity index (χ3v) is 6.78. The summed E-state index contributed by atoms with van der Waals surface area (Å²) < 4.78 is 27.5. The van der Waals surface area contributed by atoms with E-state index in [0.717, 1.165) is 25.7 Å². The number of anilines is 1. The molecule has 1 aromatic carbocycles. The summed E-state index contributed by atoms with van der Waals surface area (Å²) >= 11 is 6.19. The van der Waals surface area contributed by atoms with Crippen molar-refractivity contribution in [2.24, 2.45) is 0 Å². The molecule has 0 bridgehead atoms. The largest absolute Gasteiger partial charge is 0.324 e. The van der Waals surface area contributed by atoms with Crippen molar-refractivity contribution < 1.29 is 13.2 Å². The van der Waals surface area contributed by atoms with Gasteiger partial charge in [0.1, 0.15) is 0 Å². The molecule has 2 rings (SSSR count). The Morgan fingerprint density at radius 1 is 1.14 bits per heavy atom. The summed E-state index contributed by atoms with van der Waals surface area (Å²) in [5, 5.41) is 3.01. The Labute approximate surface area is 172 Å². The van der Waals surface area contributed by atoms with Crippen LogP contribution in [-0.4, -0.2) is 56.3 Å². The minimum absolute atomic E-state index is 0.122. The number of sulfonamides is 1. The number of carbonyl (C=O) groups excluding carboxylic acids is 1. The molecule has 1 aromatic rings. The fourth-order valence-corrected chi connectivity index (χ4v) is 4.86. The first-order valence-electron chi connectivity index (χ1n) is 9.42. The van der Waals surface area contributed by atoms with Crippen LogP contribution in [0.2, 0.25) is 5.02 Å². The Morgan fingerprint density at radius 2 is 1.75 bits per heavy atom. The summed E-state index contributed by atoms with van der Waals surface area (Å²) in [6.07, 6.45) is 7.22. The molecular weight excluding hydrogens is 398 g/mol. The molecule has 1 aliphatic rings. The van der Waals surface area contributed by atoms with Crippen molar-refractivity contribution in [1.29, 1.82) is 0 Å². The van der Waals surface area contributed by atoms with Crippen LogP contribution in [0.15, 0.2) is 48.4 Å². The molecule has 8 heteroatoms. The standard InChI is InChI=1S/C20H28ClN3O3S/c1-3-11-23(12-4-2)16-20(25)22-19-15-17(9-10-18(19)21)28(26,27)24-13-7-5-6-8-14-24/h3-4,9-10,15H,1-2,5-8,11-14,16H2,(H,22,25). The molecule has 0 aliphatic carbocycles. The lowest BCUT2D eigenvalue weighted by atomic mass is 10.2. The Kier molecular flexibility index (Phi) is 8.69. The first kappa shape index (κ1) is 22.6. The fraction of sp³-hybridized carbons (Fsp3) is 0.450. The third-order valence-electron chi connectivity index (χ3n) is 4.56. The van der Waals surface area contributed by atoms with E-state index in [1.54, 1.807) is 12.2 Å². The van der Waals surface area contributed by atoms with Gasteiger partial charge in [-0.05, 0) is 31.0 Å². The second-order valence-electron chi connectivity index (χ2n) is 6.78. The van der Waals surface area contributed by atoms with Gasteiger partial charge in [-0.15, -0.1) is 13.2 Å². The summed E-state index contributed by atoms with van der Waals surface area (Å²) in [5.41, 5.74) is 0.291. The predicted octanol–water partition coefficient (Wildman–Crippen LogP) is 3.52. The lowest BCUT2D eigenvalue weighted by Gasteiger charge is -2.21. The van der Waals surface area contributed by atoms with E-state index in [9.17, 15) is 13.2 Å². The minimum Gasteiger partial charge on any atom is -0.324 e. The van der Waals surface area contributed by atoms with Crippen LogP contribution in [-0.2, 0) is 14.8 Å². The molecule has 0 radical (unpaired) electrons. The molecule has 154 valence electrons. The lowest BCUT2D eigenvalue weighted by molar-refractivity contribution is -0.117. The maximum absolute atomic E-state index is 13.0. The number of nitrogens with zero attached hydrogens (tertiary/aromatic N) is 2. The van der Waals surface area contributed by atoms with Crippen LogP contribution in [0.1, 0.15) is 25.7 Å². The van der Waals surface area contributed by atoms with Crippen molar-refractivity contribution in [3.63, 3.8) is 0 Å². The second kappa shape index (κ2) is 10.8. The van der Waals surface area contributed by atoms with Gasteiger partial charge in [0.25, 0.3) is 0 Å². The maximum Gasteiger partial charge on any atom is 0.243 e. The van der Waals surface area contributed by atoms with Crippen molar-refractivity contribution in [1.82, 2.24) is 9.21 Å². The van der Waals surface area contributed by atoms with E-state index in [2.05, 4.69) is 18.5 Å². The van der Waals surface area contributed by atoms with Crippen LogP contribution in [0.4, 0.5) is 5.69 Å². The minimum atomic E-state index is -3.61. The van der Waals surface area contributed by atoms with Gasteiger partial charge in [0.05, 0.1) is 22.2 Å². The lowest BCUT2D eigenvalue weighted by Crippen LogP contribution is -2.34. The smallest absolute Gasteiger partial charge is 0.243 e. The number of rotatable bonds is 9. The Balaban J connectivity index is 2.16. The topological polar surface area (TPSA) is 69.7 Å². The van der Waals surface area contributed by atoms with Gasteiger partial charge in [0, 0.05) is 26.2 Å². The van der Waals surface area contributed by atoms with Crippen LogP contribution in [0.3, 0.4) is 0 Å². The molecule has 6 nitrogen and oxygen atoms in total. The van der Waals surface area contributed by atoms with E-state index >= 15 is 0 Å². The molecule has 1 saturated heterocycles. The van der Waals surface area contributed by atoms with E-state index in [1.807, 2.05) is 4.90 Å². The Bertz CT molecular complexity index is 793. The maximum atomic E-state index is 13.0. The van der Waals surface area contributed by atoms with Crippen molar-refractivity contribution in [3.05, 3.63) is 48.5 Å². The molecule has 1 aliphatic heterocycles. The normalized spacial score (nSPS) is 15.8. The number of nitrogens with one attached hydrogen (secondary N) is 1. The van der Waals surface area contributed by atoms with Crippen molar-refractivity contribution in [3.8, 4) is 0 Å². The van der Waals surface area contributed by atoms with Crippen LogP contribution in [0.25, 0.3) is 0 Å². The van der Waals surface area contributed by atoms with Crippen LogP contribution < -0.4 is 5.32 Å². The predicted molar refractivity (Wildman–Crippen MR) is 114 cm³/mol. The molecule has 1 fully saturated rings. The molecule has 0 unspecified atom stereocenters. The van der Waals surface area contributed by atoms with Crippen LogP contribution >= 0.6 is 11.6 Å². The zero-order valence-corrected chi connectivity index (χ0v) is 17.6. The first-order valence-corrected chi connectivity index (χ1v) is 11.2. The SMILES string of the molecule is C=CCN(CC=C)CC(=O)Nc1cc(S(=O)(=O)N2CCCCCC2)ccc1Cl. The number of carbonyl (C=O) groups is 1. The molecule has 0 atom stereocenters. The van der Waals surface area contributed by atoms with E-state index in [-0.39, 0.29) is 17.3 Å². The van der Waals surface area contributed by atoms with Gasteiger partial charge >= 0.3 is 0 Å². The highest BCUT2D eigenvalue weighted by Gasteiger charge is 2.26. The summed E-state index contributed by atoms with van der Waals surface area (Å²) in [4.78, 5) is 14.4. The molecule has 1 heterocycles. The molecule has 1 N–H and O–H groups in total. The van der Waals surface area contributed by atoms with E-state index in [0.29, 0.717) is 36.9 Å². The number of halogens is 1. The first-order chi connectivity index (χ1) is 13.4. The fourth-order valence-electron chi connectivity index (χ4n) is 3.15. The van der Waals surface area contributed by atoms with Crippen molar-refractivity contribution >= 4 is 33.2 Å². The zero-order chi connectivity index (χ0) is 20.6. The molecule has 0 saturated carbocycles. The van der Waals surface area contributed by atoms with Gasteiger partial charge in [-0.3, -0.25) is 9.69 Å². The third kappa shape index (κ3) is 6.17. The van der Waals surface area contributed by atoms with Gasteiger partial charge in [0.15, 0.2) is 0 Å². The van der Waals surface area contributed by atoms with Crippen molar-refractivity contribution in [2.45, 2.75) is 30.6 Å². The average molecular weight is 426 g/mol. The van der Waals surface area contributed by atoms with Gasteiger partial charge < -0.3 is 5.32 Å². The van der Waals surface area contributed by atoms with Gasteiger partial charge in [-0.2, -0.15) is 4.31 Å². The van der Waals surface area contributed by atoms with E-state index in [4.69, 9.17) is 11.6 Å². The number of hydrogen-bond acceptors (Lipinski definition) is 4. The quantitative estimate of drug-likeness (QED) is 0.614. The highest BCUT2D eigenvalue weighted by Crippen LogP contribution is 2.28. The average Bonchev–Trinajstić information content (AvgIpc) is 2.94. The highest BCUT2D eigenvalue weighted by molar-refractivity contribution is 7.89. The highest BCUT2D eigenvalue weighted by atomic mass is 35.5. The summed E-state index contributed by atoms with van der Waals surface area (Å²) in [6, 6.07) is 4.43. The van der Waals surface area contributed by atoms with E-state index < -0.39 is 10.0 Å². The Morgan fingerprint density at radius 3 is 2.32 bits per heavy atom. The molecule has 0 aromatic heterocycles.